The van der Waals surface area contributed by atoms with Gasteiger partial charge >= 0.3 is 6.18 Å². The Kier molecular flexibility index (Phi) is 5.72. The highest BCUT2D eigenvalue weighted by Crippen LogP contribution is 2.45. The van der Waals surface area contributed by atoms with Gasteiger partial charge in [-0.25, -0.2) is 0 Å². The molecule has 3 nitrogen and oxygen atoms in total. The summed E-state index contributed by atoms with van der Waals surface area (Å²) in [6.45, 7) is 3.08. The fourth-order valence-electron chi connectivity index (χ4n) is 6.19. The van der Waals surface area contributed by atoms with Crippen molar-refractivity contribution in [1.29, 1.82) is 0 Å². The number of alkyl halides is 3. The zero-order valence-corrected chi connectivity index (χ0v) is 18.9. The lowest BCUT2D eigenvalue weighted by Crippen LogP contribution is -2.60. The Morgan fingerprint density at radius 2 is 2.00 bits per heavy atom. The molecule has 1 aromatic carbocycles. The monoisotopic (exact) mass is 469 g/mol. The molecule has 4 atom stereocenters. The van der Waals surface area contributed by atoms with Gasteiger partial charge in [0.25, 0.3) is 0 Å². The van der Waals surface area contributed by atoms with E-state index in [0.29, 0.717) is 23.0 Å². The molecule has 168 valence electrons. The first-order valence-corrected chi connectivity index (χ1v) is 12.0. The van der Waals surface area contributed by atoms with Gasteiger partial charge in [-0.1, -0.05) is 29.7 Å². The molecule has 3 fully saturated rings. The van der Waals surface area contributed by atoms with Crippen LogP contribution in [0.25, 0.3) is 0 Å². The summed E-state index contributed by atoms with van der Waals surface area (Å²) in [7, 11) is 0. The number of rotatable bonds is 1. The van der Waals surface area contributed by atoms with Crippen LogP contribution in [0.2, 0.25) is 5.02 Å². The summed E-state index contributed by atoms with van der Waals surface area (Å²) in [5, 5.41) is 3.75. The zero-order chi connectivity index (χ0) is 21.8. The smallest absolute Gasteiger partial charge is 0.342 e. The Morgan fingerprint density at radius 1 is 1.16 bits per heavy atom. The van der Waals surface area contributed by atoms with Crippen molar-refractivity contribution in [3.63, 3.8) is 0 Å². The lowest BCUT2D eigenvalue weighted by molar-refractivity contribution is -0.137. The average Bonchev–Trinajstić information content (AvgIpc) is 2.74. The van der Waals surface area contributed by atoms with E-state index in [1.165, 1.54) is 43.9 Å². The van der Waals surface area contributed by atoms with Crippen LogP contribution in [0.4, 0.5) is 18.9 Å². The van der Waals surface area contributed by atoms with Gasteiger partial charge in [-0.05, 0) is 80.9 Å². The highest BCUT2D eigenvalue weighted by molar-refractivity contribution is 7.80. The lowest BCUT2D eigenvalue weighted by Gasteiger charge is -2.55. The standard InChI is InChI=1S/C23H27ClF3N3S/c24-18-7-6-17(23(25,26)27)12-19(18)28-22(31)30-9-3-4-14-10-15-11-16(21(14)30)13-29-8-2-1-5-20(15)29/h6-7,10,12,15-16,20-21H,1-5,8-9,11,13H2,(H,28,31). The summed E-state index contributed by atoms with van der Waals surface area (Å²) in [4.78, 5) is 4.87. The van der Waals surface area contributed by atoms with Crippen molar-refractivity contribution in [2.75, 3.05) is 25.0 Å². The van der Waals surface area contributed by atoms with E-state index in [1.807, 2.05) is 0 Å². The van der Waals surface area contributed by atoms with E-state index in [9.17, 15) is 13.2 Å². The normalized spacial score (nSPS) is 30.8. The van der Waals surface area contributed by atoms with Crippen molar-refractivity contribution in [2.24, 2.45) is 11.8 Å². The van der Waals surface area contributed by atoms with Gasteiger partial charge < -0.3 is 10.2 Å². The van der Waals surface area contributed by atoms with Crippen LogP contribution >= 0.6 is 23.8 Å². The number of anilines is 1. The van der Waals surface area contributed by atoms with Gasteiger partial charge in [0, 0.05) is 19.1 Å². The Hall–Kier alpha value is -1.31. The number of likely N-dealkylation sites (tertiary alicyclic amines) is 1. The van der Waals surface area contributed by atoms with Gasteiger partial charge in [0.05, 0.1) is 22.3 Å². The number of nitrogens with zero attached hydrogens (tertiary/aromatic N) is 2. The van der Waals surface area contributed by atoms with Crippen LogP contribution in [0.5, 0.6) is 0 Å². The van der Waals surface area contributed by atoms with Gasteiger partial charge in [-0.2, -0.15) is 13.2 Å². The summed E-state index contributed by atoms with van der Waals surface area (Å²) in [5.74, 6) is 1.14. The number of halogens is 4. The third kappa shape index (κ3) is 4.09. The quantitative estimate of drug-likeness (QED) is 0.404. The third-order valence-electron chi connectivity index (χ3n) is 7.45. The molecule has 31 heavy (non-hydrogen) atoms. The molecule has 0 radical (unpaired) electrons. The highest BCUT2D eigenvalue weighted by Gasteiger charge is 2.46. The predicted molar refractivity (Wildman–Crippen MR) is 121 cm³/mol. The van der Waals surface area contributed by atoms with E-state index in [1.54, 1.807) is 0 Å². The van der Waals surface area contributed by atoms with Crippen molar-refractivity contribution in [3.05, 3.63) is 40.4 Å². The maximum atomic E-state index is 13.2. The second-order valence-corrected chi connectivity index (χ2v) is 10.1. The Bertz CT molecular complexity index is 903. The van der Waals surface area contributed by atoms with Crippen molar-refractivity contribution in [3.8, 4) is 0 Å². The number of nitrogens with one attached hydrogen (secondary N) is 1. The maximum Gasteiger partial charge on any atom is 0.416 e. The molecule has 1 aliphatic carbocycles. The van der Waals surface area contributed by atoms with Crippen molar-refractivity contribution in [2.45, 2.75) is 56.8 Å². The minimum absolute atomic E-state index is 0.214. The summed E-state index contributed by atoms with van der Waals surface area (Å²) >= 11 is 11.9. The number of hydrogen-bond acceptors (Lipinski definition) is 2. The molecule has 8 heteroatoms. The second kappa shape index (κ2) is 8.23. The van der Waals surface area contributed by atoms with Crippen molar-refractivity contribution >= 4 is 34.6 Å². The van der Waals surface area contributed by atoms with Crippen LogP contribution < -0.4 is 5.32 Å². The fraction of sp³-hybridized carbons (Fsp3) is 0.609. The largest absolute Gasteiger partial charge is 0.416 e. The molecule has 0 spiro atoms. The van der Waals surface area contributed by atoms with Gasteiger partial charge in [0.15, 0.2) is 5.11 Å². The number of thiocarbonyl (C=S) groups is 1. The predicted octanol–water partition coefficient (Wildman–Crippen LogP) is 5.95. The molecule has 0 amide bonds. The minimum Gasteiger partial charge on any atom is -0.342 e. The van der Waals surface area contributed by atoms with Gasteiger partial charge in [0.1, 0.15) is 0 Å². The van der Waals surface area contributed by atoms with E-state index in [0.717, 1.165) is 38.1 Å². The minimum atomic E-state index is -4.42. The number of fused-ring (bicyclic) bond motifs is 6. The van der Waals surface area contributed by atoms with Crippen molar-refractivity contribution in [1.82, 2.24) is 9.80 Å². The van der Waals surface area contributed by atoms with Gasteiger partial charge in [-0.15, -0.1) is 0 Å². The molecule has 1 aromatic rings. The average molecular weight is 470 g/mol. The number of benzene rings is 1. The Morgan fingerprint density at radius 3 is 2.81 bits per heavy atom. The van der Waals surface area contributed by atoms with E-state index in [2.05, 4.69) is 21.2 Å². The van der Waals surface area contributed by atoms with Crippen LogP contribution in [0.3, 0.4) is 0 Å². The number of piperidine rings is 3. The molecule has 0 aromatic heterocycles. The molecule has 3 aliphatic heterocycles. The lowest BCUT2D eigenvalue weighted by atomic mass is 9.68. The van der Waals surface area contributed by atoms with Crippen LogP contribution in [0, 0.1) is 11.8 Å². The van der Waals surface area contributed by atoms with E-state index in [-0.39, 0.29) is 16.8 Å². The van der Waals surface area contributed by atoms with E-state index >= 15 is 0 Å². The summed E-state index contributed by atoms with van der Waals surface area (Å²) < 4.78 is 39.5. The first-order valence-electron chi connectivity index (χ1n) is 11.2. The summed E-state index contributed by atoms with van der Waals surface area (Å²) in [6.07, 6.45) is 5.26. The van der Waals surface area contributed by atoms with Crippen molar-refractivity contribution < 1.29 is 13.2 Å². The number of hydrogen-bond donors (Lipinski definition) is 1. The first kappa shape index (κ1) is 21.5. The molecule has 3 saturated heterocycles. The van der Waals surface area contributed by atoms with Crippen LogP contribution in [-0.4, -0.2) is 46.6 Å². The maximum absolute atomic E-state index is 13.2. The molecular weight excluding hydrogens is 443 g/mol. The fourth-order valence-corrected chi connectivity index (χ4v) is 6.67. The first-order chi connectivity index (χ1) is 14.8. The molecule has 4 aliphatic rings. The summed E-state index contributed by atoms with van der Waals surface area (Å²) in [6, 6.07) is 4.24. The molecule has 1 N–H and O–H groups in total. The van der Waals surface area contributed by atoms with Gasteiger partial charge in [-0.3, -0.25) is 4.90 Å². The Balaban J connectivity index is 1.39. The third-order valence-corrected chi connectivity index (χ3v) is 8.12. The van der Waals surface area contributed by atoms with E-state index in [4.69, 9.17) is 23.8 Å². The molecule has 2 bridgehead atoms. The molecule has 0 saturated carbocycles. The zero-order valence-electron chi connectivity index (χ0n) is 17.3. The van der Waals surface area contributed by atoms with Crippen LogP contribution in [-0.2, 0) is 6.18 Å². The van der Waals surface area contributed by atoms with Gasteiger partial charge in [0.2, 0.25) is 0 Å². The highest BCUT2D eigenvalue weighted by atomic mass is 35.5. The SMILES string of the molecule is FC(F)(F)c1ccc(Cl)c(NC(=S)N2CCCC3=CC4CC(CN5CCCCC45)C32)c1. The van der Waals surface area contributed by atoms with Crippen LogP contribution in [0.15, 0.2) is 29.8 Å². The summed E-state index contributed by atoms with van der Waals surface area (Å²) in [5.41, 5.74) is 0.952. The molecule has 4 unspecified atom stereocenters. The van der Waals surface area contributed by atoms with Crippen LogP contribution in [0.1, 0.15) is 44.1 Å². The Labute approximate surface area is 191 Å². The molecule has 5 rings (SSSR count). The van der Waals surface area contributed by atoms with E-state index < -0.39 is 11.7 Å². The molecular formula is C23H27ClF3N3S. The molecule has 3 heterocycles. The second-order valence-electron chi connectivity index (χ2n) is 9.32. The topological polar surface area (TPSA) is 18.5 Å².